The second-order valence-corrected chi connectivity index (χ2v) is 5.43. The lowest BCUT2D eigenvalue weighted by atomic mass is 9.88. The molecule has 0 aliphatic carbocycles. The van der Waals surface area contributed by atoms with E-state index in [-0.39, 0.29) is 5.92 Å². The molecule has 96 valence electrons. The fraction of sp³-hybridized carbons (Fsp3) is 0.571. The van der Waals surface area contributed by atoms with Crippen LogP contribution in [0.5, 0.6) is 0 Å². The molecule has 0 amide bonds. The van der Waals surface area contributed by atoms with Gasteiger partial charge in [0.2, 0.25) is 0 Å². The molecule has 0 aliphatic heterocycles. The van der Waals surface area contributed by atoms with Crippen molar-refractivity contribution in [2.24, 2.45) is 17.6 Å². The summed E-state index contributed by atoms with van der Waals surface area (Å²) in [7, 11) is 0. The van der Waals surface area contributed by atoms with Crippen molar-refractivity contribution in [1.82, 2.24) is 0 Å². The maximum Gasteiger partial charge on any atom is 0.0844 e. The lowest BCUT2D eigenvalue weighted by Gasteiger charge is -2.24. The van der Waals surface area contributed by atoms with Crippen LogP contribution in [0.25, 0.3) is 0 Å². The van der Waals surface area contributed by atoms with Crippen molar-refractivity contribution >= 4 is 11.6 Å². The summed E-state index contributed by atoms with van der Waals surface area (Å²) in [5.74, 6) is 0.580. The molecule has 0 aromatic heterocycles. The zero-order valence-electron chi connectivity index (χ0n) is 10.8. The second kappa shape index (κ2) is 6.39. The molecule has 0 saturated heterocycles. The minimum absolute atomic E-state index is 0.0642. The van der Waals surface area contributed by atoms with E-state index in [2.05, 4.69) is 13.8 Å². The summed E-state index contributed by atoms with van der Waals surface area (Å²) in [5.41, 5.74) is 7.53. The Bertz CT molecular complexity index is 365. The number of rotatable bonds is 5. The molecule has 2 unspecified atom stereocenters. The number of aliphatic hydroxyl groups is 1. The summed E-state index contributed by atoms with van der Waals surface area (Å²) in [6, 6.07) is 5.74. The smallest absolute Gasteiger partial charge is 0.0844 e. The van der Waals surface area contributed by atoms with E-state index >= 15 is 0 Å². The van der Waals surface area contributed by atoms with E-state index in [0.717, 1.165) is 17.5 Å². The molecule has 0 radical (unpaired) electrons. The molecule has 0 bridgehead atoms. The summed E-state index contributed by atoms with van der Waals surface area (Å²) >= 11 is 6.22. The van der Waals surface area contributed by atoms with Gasteiger partial charge in [-0.2, -0.15) is 0 Å². The zero-order chi connectivity index (χ0) is 13.0. The molecule has 1 rings (SSSR count). The standard InChI is InChI=1S/C14H22ClNO/c1-9(2)7-11(8-16)14(17)12-6-4-5-10(3)13(12)15/h4-6,9,11,14,17H,7-8,16H2,1-3H3. The highest BCUT2D eigenvalue weighted by molar-refractivity contribution is 6.32. The van der Waals surface area contributed by atoms with E-state index < -0.39 is 6.10 Å². The first-order chi connectivity index (χ1) is 7.97. The Balaban J connectivity index is 2.93. The Labute approximate surface area is 109 Å². The van der Waals surface area contributed by atoms with Crippen LogP contribution in [0.15, 0.2) is 18.2 Å². The molecule has 2 nitrogen and oxygen atoms in total. The number of benzene rings is 1. The van der Waals surface area contributed by atoms with Gasteiger partial charge in [-0.15, -0.1) is 0 Å². The SMILES string of the molecule is Cc1cccc(C(O)C(CN)CC(C)C)c1Cl. The number of hydrogen-bond donors (Lipinski definition) is 2. The van der Waals surface area contributed by atoms with Crippen LogP contribution < -0.4 is 5.73 Å². The summed E-state index contributed by atoms with van der Waals surface area (Å²) < 4.78 is 0. The van der Waals surface area contributed by atoms with Crippen LogP contribution >= 0.6 is 11.6 Å². The highest BCUT2D eigenvalue weighted by Gasteiger charge is 2.22. The highest BCUT2D eigenvalue weighted by atomic mass is 35.5. The third-order valence-corrected chi connectivity index (χ3v) is 3.58. The van der Waals surface area contributed by atoms with Gasteiger partial charge in [0.15, 0.2) is 0 Å². The molecule has 0 fully saturated rings. The molecular weight excluding hydrogens is 234 g/mol. The number of halogens is 1. The van der Waals surface area contributed by atoms with E-state index in [1.54, 1.807) is 0 Å². The van der Waals surface area contributed by atoms with Crippen molar-refractivity contribution < 1.29 is 5.11 Å². The first-order valence-corrected chi connectivity index (χ1v) is 6.48. The predicted octanol–water partition coefficient (Wildman–Crippen LogP) is 3.30. The van der Waals surface area contributed by atoms with Crippen LogP contribution in [0.1, 0.15) is 37.5 Å². The van der Waals surface area contributed by atoms with Crippen LogP contribution in [0.3, 0.4) is 0 Å². The third-order valence-electron chi connectivity index (χ3n) is 3.06. The molecule has 3 heteroatoms. The minimum atomic E-state index is -0.574. The van der Waals surface area contributed by atoms with Crippen LogP contribution in [0, 0.1) is 18.8 Å². The van der Waals surface area contributed by atoms with E-state index in [9.17, 15) is 5.11 Å². The van der Waals surface area contributed by atoms with Crippen molar-refractivity contribution in [3.8, 4) is 0 Å². The molecule has 1 aromatic carbocycles. The van der Waals surface area contributed by atoms with Gasteiger partial charge in [-0.05, 0) is 36.9 Å². The molecule has 17 heavy (non-hydrogen) atoms. The predicted molar refractivity (Wildman–Crippen MR) is 73.1 cm³/mol. The zero-order valence-corrected chi connectivity index (χ0v) is 11.5. The molecule has 0 heterocycles. The Morgan fingerprint density at radius 1 is 1.35 bits per heavy atom. The first-order valence-electron chi connectivity index (χ1n) is 6.10. The highest BCUT2D eigenvalue weighted by Crippen LogP contribution is 2.32. The van der Waals surface area contributed by atoms with Crippen LogP contribution in [-0.4, -0.2) is 11.7 Å². The van der Waals surface area contributed by atoms with Gasteiger partial charge in [0.05, 0.1) is 6.10 Å². The summed E-state index contributed by atoms with van der Waals surface area (Å²) in [5, 5.41) is 11.0. The van der Waals surface area contributed by atoms with Gasteiger partial charge < -0.3 is 10.8 Å². The van der Waals surface area contributed by atoms with Crippen LogP contribution in [-0.2, 0) is 0 Å². The summed E-state index contributed by atoms with van der Waals surface area (Å²) in [6.45, 7) is 6.68. The lowest BCUT2D eigenvalue weighted by Crippen LogP contribution is -2.24. The average molecular weight is 256 g/mol. The Hall–Kier alpha value is -0.570. The fourth-order valence-corrected chi connectivity index (χ4v) is 2.35. The van der Waals surface area contributed by atoms with Crippen molar-refractivity contribution in [1.29, 1.82) is 0 Å². The number of aryl methyl sites for hydroxylation is 1. The van der Waals surface area contributed by atoms with E-state index in [4.69, 9.17) is 17.3 Å². The van der Waals surface area contributed by atoms with Gasteiger partial charge in [-0.1, -0.05) is 43.6 Å². The molecular formula is C14H22ClNO. The van der Waals surface area contributed by atoms with Gasteiger partial charge in [0.1, 0.15) is 0 Å². The average Bonchev–Trinajstić information content (AvgIpc) is 2.28. The number of aliphatic hydroxyl groups excluding tert-OH is 1. The van der Waals surface area contributed by atoms with Crippen molar-refractivity contribution in [2.45, 2.75) is 33.3 Å². The number of hydrogen-bond acceptors (Lipinski definition) is 2. The van der Waals surface area contributed by atoms with Crippen LogP contribution in [0.4, 0.5) is 0 Å². The van der Waals surface area contributed by atoms with Gasteiger partial charge in [0, 0.05) is 10.9 Å². The number of nitrogens with two attached hydrogens (primary N) is 1. The molecule has 2 atom stereocenters. The quantitative estimate of drug-likeness (QED) is 0.848. The van der Waals surface area contributed by atoms with Gasteiger partial charge >= 0.3 is 0 Å². The molecule has 1 aromatic rings. The van der Waals surface area contributed by atoms with Crippen molar-refractivity contribution in [3.63, 3.8) is 0 Å². The van der Waals surface area contributed by atoms with E-state index in [1.165, 1.54) is 0 Å². The second-order valence-electron chi connectivity index (χ2n) is 5.05. The Kier molecular flexibility index (Phi) is 5.44. The topological polar surface area (TPSA) is 46.2 Å². The Morgan fingerprint density at radius 3 is 2.53 bits per heavy atom. The summed E-state index contributed by atoms with van der Waals surface area (Å²) in [4.78, 5) is 0. The lowest BCUT2D eigenvalue weighted by molar-refractivity contribution is 0.0995. The summed E-state index contributed by atoms with van der Waals surface area (Å²) in [6.07, 6.45) is 0.330. The van der Waals surface area contributed by atoms with Crippen LogP contribution in [0.2, 0.25) is 5.02 Å². The third kappa shape index (κ3) is 3.70. The van der Waals surface area contributed by atoms with Crippen molar-refractivity contribution in [2.75, 3.05) is 6.54 Å². The molecule has 3 N–H and O–H groups in total. The van der Waals surface area contributed by atoms with Gasteiger partial charge in [-0.3, -0.25) is 0 Å². The minimum Gasteiger partial charge on any atom is -0.388 e. The maximum atomic E-state index is 10.4. The molecule has 0 spiro atoms. The van der Waals surface area contributed by atoms with Gasteiger partial charge in [-0.25, -0.2) is 0 Å². The first kappa shape index (κ1) is 14.5. The van der Waals surface area contributed by atoms with E-state index in [1.807, 2.05) is 25.1 Å². The maximum absolute atomic E-state index is 10.4. The monoisotopic (exact) mass is 255 g/mol. The molecule has 0 aliphatic rings. The normalized spacial score (nSPS) is 15.0. The Morgan fingerprint density at radius 2 is 2.00 bits per heavy atom. The fourth-order valence-electron chi connectivity index (χ4n) is 2.11. The molecule has 0 saturated carbocycles. The largest absolute Gasteiger partial charge is 0.388 e. The van der Waals surface area contributed by atoms with Crippen molar-refractivity contribution in [3.05, 3.63) is 34.3 Å². The van der Waals surface area contributed by atoms with Gasteiger partial charge in [0.25, 0.3) is 0 Å². The van der Waals surface area contributed by atoms with E-state index in [0.29, 0.717) is 17.5 Å².